The minimum Gasteiger partial charge on any atom is -0.484 e. The molecule has 0 aliphatic carbocycles. The second kappa shape index (κ2) is 6.29. The summed E-state index contributed by atoms with van der Waals surface area (Å²) in [5.41, 5.74) is 1.17. The minimum atomic E-state index is 0.00130. The van der Waals surface area contributed by atoms with Crippen molar-refractivity contribution in [3.8, 4) is 5.75 Å². The molecule has 0 N–H and O–H groups in total. The highest BCUT2D eigenvalue weighted by molar-refractivity contribution is 7.17. The van der Waals surface area contributed by atoms with Crippen molar-refractivity contribution in [2.24, 2.45) is 0 Å². The lowest BCUT2D eigenvalue weighted by molar-refractivity contribution is 0.205. The summed E-state index contributed by atoms with van der Waals surface area (Å²) in [4.78, 5) is 0. The number of hydrogen-bond acceptors (Lipinski definition) is 2. The first-order chi connectivity index (χ1) is 9.88. The fourth-order valence-electron chi connectivity index (χ4n) is 2.27. The molecule has 0 spiro atoms. The van der Waals surface area contributed by atoms with Gasteiger partial charge in [-0.15, -0.1) is 22.9 Å². The van der Waals surface area contributed by atoms with Crippen LogP contribution in [0.25, 0.3) is 10.1 Å². The van der Waals surface area contributed by atoms with E-state index in [1.807, 2.05) is 30.3 Å². The van der Waals surface area contributed by atoms with Crippen LogP contribution in [0.2, 0.25) is 0 Å². The maximum Gasteiger partial charge on any atom is 0.138 e. The Kier molecular flexibility index (Phi) is 4.24. The second-order valence-corrected chi connectivity index (χ2v) is 5.88. The minimum absolute atomic E-state index is 0.00130. The Morgan fingerprint density at radius 1 is 1.00 bits per heavy atom. The van der Waals surface area contributed by atoms with Gasteiger partial charge in [0.25, 0.3) is 0 Å². The van der Waals surface area contributed by atoms with Crippen LogP contribution in [0.5, 0.6) is 5.75 Å². The third-order valence-corrected chi connectivity index (χ3v) is 4.42. The first-order valence-corrected chi connectivity index (χ1v) is 8.03. The van der Waals surface area contributed by atoms with Gasteiger partial charge < -0.3 is 4.74 Å². The Morgan fingerprint density at radius 3 is 2.65 bits per heavy atom. The topological polar surface area (TPSA) is 9.23 Å². The molecule has 0 aliphatic rings. The number of fused-ring (bicyclic) bond motifs is 1. The average molecular weight is 303 g/mol. The molecule has 0 bridgehead atoms. The van der Waals surface area contributed by atoms with Crippen molar-refractivity contribution in [1.29, 1.82) is 0 Å². The molecule has 0 aliphatic heterocycles. The highest BCUT2D eigenvalue weighted by Gasteiger charge is 2.14. The zero-order valence-electron chi connectivity index (χ0n) is 11.0. The zero-order valence-corrected chi connectivity index (χ0v) is 12.5. The molecule has 1 atom stereocenters. The number of thiophene rings is 1. The van der Waals surface area contributed by atoms with E-state index in [2.05, 4.69) is 29.6 Å². The van der Waals surface area contributed by atoms with Crippen molar-refractivity contribution in [3.05, 3.63) is 65.5 Å². The van der Waals surface area contributed by atoms with E-state index in [-0.39, 0.29) is 6.10 Å². The summed E-state index contributed by atoms with van der Waals surface area (Å²) in [5, 5.41) is 3.32. The van der Waals surface area contributed by atoms with Gasteiger partial charge in [0.15, 0.2) is 0 Å². The smallest absolute Gasteiger partial charge is 0.138 e. The fourth-order valence-corrected chi connectivity index (χ4v) is 3.33. The maximum atomic E-state index is 6.24. The number of ether oxygens (including phenoxy) is 1. The Bertz CT molecular complexity index is 678. The van der Waals surface area contributed by atoms with Gasteiger partial charge in [0.1, 0.15) is 11.9 Å². The quantitative estimate of drug-likeness (QED) is 0.553. The van der Waals surface area contributed by atoms with Crippen LogP contribution in [-0.4, -0.2) is 5.88 Å². The monoisotopic (exact) mass is 302 g/mol. The lowest BCUT2D eigenvalue weighted by Crippen LogP contribution is -2.08. The maximum absolute atomic E-state index is 6.24. The van der Waals surface area contributed by atoms with Crippen LogP contribution in [0.3, 0.4) is 0 Å². The summed E-state index contributed by atoms with van der Waals surface area (Å²) in [6.07, 6.45) is 0.800. The molecule has 3 heteroatoms. The molecular weight excluding hydrogens is 288 g/mol. The summed E-state index contributed by atoms with van der Waals surface area (Å²) < 4.78 is 7.44. The van der Waals surface area contributed by atoms with Crippen LogP contribution in [0.1, 0.15) is 18.1 Å². The Balaban J connectivity index is 1.92. The number of alkyl halides is 1. The number of halogens is 1. The second-order valence-electron chi connectivity index (χ2n) is 4.59. The lowest BCUT2D eigenvalue weighted by atomic mass is 10.1. The van der Waals surface area contributed by atoms with Crippen LogP contribution < -0.4 is 4.74 Å². The van der Waals surface area contributed by atoms with E-state index in [9.17, 15) is 0 Å². The normalized spacial score (nSPS) is 12.4. The van der Waals surface area contributed by atoms with E-state index < -0.39 is 0 Å². The van der Waals surface area contributed by atoms with E-state index >= 15 is 0 Å². The van der Waals surface area contributed by atoms with Crippen molar-refractivity contribution in [1.82, 2.24) is 0 Å². The molecule has 1 aromatic heterocycles. The molecule has 0 amide bonds. The van der Waals surface area contributed by atoms with E-state index in [1.54, 1.807) is 11.3 Å². The first-order valence-electron chi connectivity index (χ1n) is 6.62. The highest BCUT2D eigenvalue weighted by atomic mass is 35.5. The molecule has 3 rings (SSSR count). The molecular formula is C17H15ClOS. The molecule has 0 fully saturated rings. The molecule has 1 heterocycles. The van der Waals surface area contributed by atoms with Crippen LogP contribution in [0.15, 0.2) is 60.0 Å². The van der Waals surface area contributed by atoms with Crippen molar-refractivity contribution >= 4 is 33.0 Å². The van der Waals surface area contributed by atoms with Gasteiger partial charge in [-0.1, -0.05) is 42.5 Å². The van der Waals surface area contributed by atoms with Gasteiger partial charge in [0, 0.05) is 12.3 Å². The SMILES string of the molecule is ClCCC(Oc1cccc2ccsc12)c1ccccc1. The number of hydrogen-bond donors (Lipinski definition) is 0. The summed E-state index contributed by atoms with van der Waals surface area (Å²) in [6, 6.07) is 18.6. The molecule has 0 saturated carbocycles. The van der Waals surface area contributed by atoms with Crippen molar-refractivity contribution < 1.29 is 4.74 Å². The van der Waals surface area contributed by atoms with Gasteiger partial charge in [-0.3, -0.25) is 0 Å². The molecule has 1 unspecified atom stereocenters. The summed E-state index contributed by atoms with van der Waals surface area (Å²) >= 11 is 7.64. The third-order valence-electron chi connectivity index (χ3n) is 3.25. The Labute approximate surface area is 127 Å². The Hall–Kier alpha value is -1.51. The lowest BCUT2D eigenvalue weighted by Gasteiger charge is -2.19. The molecule has 0 saturated heterocycles. The molecule has 20 heavy (non-hydrogen) atoms. The van der Waals surface area contributed by atoms with Gasteiger partial charge in [-0.05, 0) is 28.5 Å². The predicted molar refractivity (Wildman–Crippen MR) is 87.0 cm³/mol. The standard InChI is InChI=1S/C17H15ClOS/c18-11-9-15(13-5-2-1-3-6-13)19-16-8-4-7-14-10-12-20-17(14)16/h1-8,10,12,15H,9,11H2. The van der Waals surface area contributed by atoms with Crippen molar-refractivity contribution in [2.45, 2.75) is 12.5 Å². The number of benzene rings is 2. The van der Waals surface area contributed by atoms with E-state index in [0.717, 1.165) is 12.2 Å². The van der Waals surface area contributed by atoms with E-state index in [1.165, 1.54) is 15.6 Å². The molecule has 3 aromatic rings. The van der Waals surface area contributed by atoms with Crippen LogP contribution in [0.4, 0.5) is 0 Å². The van der Waals surface area contributed by atoms with Gasteiger partial charge in [0.2, 0.25) is 0 Å². The van der Waals surface area contributed by atoms with Gasteiger partial charge in [0.05, 0.1) is 4.70 Å². The van der Waals surface area contributed by atoms with Gasteiger partial charge in [-0.2, -0.15) is 0 Å². The van der Waals surface area contributed by atoms with Crippen molar-refractivity contribution in [2.75, 3.05) is 5.88 Å². The van der Waals surface area contributed by atoms with E-state index in [0.29, 0.717) is 5.88 Å². The molecule has 102 valence electrons. The Morgan fingerprint density at radius 2 is 1.85 bits per heavy atom. The van der Waals surface area contributed by atoms with Gasteiger partial charge in [-0.25, -0.2) is 0 Å². The van der Waals surface area contributed by atoms with E-state index in [4.69, 9.17) is 16.3 Å². The average Bonchev–Trinajstić information content (AvgIpc) is 2.97. The molecule has 2 aromatic carbocycles. The van der Waals surface area contributed by atoms with Crippen molar-refractivity contribution in [3.63, 3.8) is 0 Å². The van der Waals surface area contributed by atoms with Crippen LogP contribution in [0, 0.1) is 0 Å². The molecule has 1 nitrogen and oxygen atoms in total. The summed E-state index contributed by atoms with van der Waals surface area (Å²) in [6.45, 7) is 0. The summed E-state index contributed by atoms with van der Waals surface area (Å²) in [7, 11) is 0. The number of rotatable bonds is 5. The highest BCUT2D eigenvalue weighted by Crippen LogP contribution is 2.34. The summed E-state index contributed by atoms with van der Waals surface area (Å²) in [5.74, 6) is 1.52. The fraction of sp³-hybridized carbons (Fsp3) is 0.176. The largest absolute Gasteiger partial charge is 0.484 e. The molecule has 0 radical (unpaired) electrons. The third kappa shape index (κ3) is 2.82. The van der Waals surface area contributed by atoms with Gasteiger partial charge >= 0.3 is 0 Å². The zero-order chi connectivity index (χ0) is 13.8. The first kappa shape index (κ1) is 13.5. The predicted octanol–water partition coefficient (Wildman–Crippen LogP) is 5.65. The van der Waals surface area contributed by atoms with Crippen LogP contribution >= 0.6 is 22.9 Å². The van der Waals surface area contributed by atoms with Crippen LogP contribution in [-0.2, 0) is 0 Å².